The van der Waals surface area contributed by atoms with Gasteiger partial charge in [-0.05, 0) is 55.9 Å². The molecular formula is C30H28N4O2S. The molecule has 4 aromatic rings. The van der Waals surface area contributed by atoms with Crippen LogP contribution in [0.1, 0.15) is 60.8 Å². The second-order valence-electron chi connectivity index (χ2n) is 9.01. The van der Waals surface area contributed by atoms with Crippen LogP contribution in [0.4, 0.5) is 0 Å². The number of pyridine rings is 1. The number of esters is 1. The Bertz CT molecular complexity index is 1520. The summed E-state index contributed by atoms with van der Waals surface area (Å²) in [5.74, 6) is 2.45. The number of carbonyl (C=O) groups is 1. The van der Waals surface area contributed by atoms with Crippen molar-refractivity contribution in [1.29, 1.82) is 0 Å². The molecule has 1 aliphatic rings. The Kier molecular flexibility index (Phi) is 7.57. The van der Waals surface area contributed by atoms with E-state index in [0.717, 1.165) is 76.1 Å². The molecule has 1 fully saturated rings. The number of terminal acetylenes is 1. The maximum Gasteiger partial charge on any atom is 0.350 e. The van der Waals surface area contributed by atoms with Gasteiger partial charge in [0.25, 0.3) is 0 Å². The topological polar surface area (TPSA) is 80.8 Å². The van der Waals surface area contributed by atoms with Crippen molar-refractivity contribution in [3.05, 3.63) is 71.8 Å². The van der Waals surface area contributed by atoms with Crippen LogP contribution in [0.3, 0.4) is 0 Å². The molecule has 0 amide bonds. The molecule has 3 heterocycles. The molecule has 1 aliphatic carbocycles. The summed E-state index contributed by atoms with van der Waals surface area (Å²) < 4.78 is 5.64. The van der Waals surface area contributed by atoms with Crippen molar-refractivity contribution < 1.29 is 9.53 Å². The number of ether oxygens (including phenoxy) is 1. The van der Waals surface area contributed by atoms with Crippen LogP contribution in [-0.2, 0) is 4.74 Å². The van der Waals surface area contributed by atoms with Gasteiger partial charge in [0.2, 0.25) is 0 Å². The van der Waals surface area contributed by atoms with E-state index in [2.05, 4.69) is 51.0 Å². The van der Waals surface area contributed by atoms with Gasteiger partial charge in [0.1, 0.15) is 16.0 Å². The fraction of sp³-hybridized carbons (Fsp3) is 0.267. The Morgan fingerprint density at radius 3 is 2.84 bits per heavy atom. The molecular weight excluding hydrogens is 480 g/mol. The van der Waals surface area contributed by atoms with Gasteiger partial charge in [-0.25, -0.2) is 14.8 Å². The molecule has 186 valence electrons. The zero-order valence-corrected chi connectivity index (χ0v) is 21.6. The second kappa shape index (κ2) is 11.4. The number of benzene rings is 1. The van der Waals surface area contributed by atoms with Gasteiger partial charge in [0.05, 0.1) is 29.4 Å². The Balaban J connectivity index is 1.43. The summed E-state index contributed by atoms with van der Waals surface area (Å²) in [6, 6.07) is 8.16. The highest BCUT2D eigenvalue weighted by Crippen LogP contribution is 2.32. The van der Waals surface area contributed by atoms with Crippen LogP contribution < -0.4 is 0 Å². The van der Waals surface area contributed by atoms with E-state index >= 15 is 0 Å². The van der Waals surface area contributed by atoms with Gasteiger partial charge in [-0.1, -0.05) is 31.2 Å². The number of H-pyrrole nitrogens is 1. The Morgan fingerprint density at radius 1 is 1.19 bits per heavy atom. The lowest BCUT2D eigenvalue weighted by Gasteiger charge is -2.09. The van der Waals surface area contributed by atoms with Crippen molar-refractivity contribution in [1.82, 2.24) is 19.9 Å². The lowest BCUT2D eigenvalue weighted by molar-refractivity contribution is 0.0323. The molecule has 1 N–H and O–H groups in total. The normalized spacial score (nSPS) is 14.4. The van der Waals surface area contributed by atoms with Gasteiger partial charge < -0.3 is 9.72 Å². The molecule has 0 unspecified atom stereocenters. The van der Waals surface area contributed by atoms with Gasteiger partial charge in [-0.2, -0.15) is 0 Å². The quantitative estimate of drug-likeness (QED) is 0.154. The highest BCUT2D eigenvalue weighted by molar-refractivity contribution is 7.16. The predicted molar refractivity (Wildman–Crippen MR) is 149 cm³/mol. The van der Waals surface area contributed by atoms with Crippen LogP contribution in [0, 0.1) is 12.3 Å². The molecule has 0 saturated heterocycles. The summed E-state index contributed by atoms with van der Waals surface area (Å²) in [4.78, 5) is 30.0. The van der Waals surface area contributed by atoms with E-state index in [4.69, 9.17) is 11.2 Å². The first-order valence-electron chi connectivity index (χ1n) is 12.6. The minimum Gasteiger partial charge on any atom is -0.458 e. The maximum atomic E-state index is 12.6. The number of imidazole rings is 1. The number of rotatable bonds is 8. The molecule has 3 aromatic heterocycles. The molecule has 0 radical (unpaired) electrons. The summed E-state index contributed by atoms with van der Waals surface area (Å²) >= 11 is 1.33. The van der Waals surface area contributed by atoms with Crippen LogP contribution in [-0.4, -0.2) is 32.0 Å². The SMILES string of the molecule is C#CC/C(=C\C=C/CC)c1nc[nH]c1-c1ccc2ncc(-c3ncc(C(=O)OC4CCCC4)s3)cc2c1. The van der Waals surface area contributed by atoms with Crippen LogP contribution in [0.25, 0.3) is 38.3 Å². The number of nitrogens with zero attached hydrogens (tertiary/aromatic N) is 3. The molecule has 0 aliphatic heterocycles. The first-order chi connectivity index (χ1) is 18.2. The van der Waals surface area contributed by atoms with Crippen molar-refractivity contribution in [2.75, 3.05) is 0 Å². The van der Waals surface area contributed by atoms with E-state index in [0.29, 0.717) is 11.3 Å². The molecule has 0 spiro atoms. The van der Waals surface area contributed by atoms with Gasteiger partial charge in [0.15, 0.2) is 0 Å². The van der Waals surface area contributed by atoms with E-state index in [9.17, 15) is 4.79 Å². The number of fused-ring (bicyclic) bond motifs is 1. The number of aromatic nitrogens is 4. The summed E-state index contributed by atoms with van der Waals surface area (Å²) in [5.41, 5.74) is 5.45. The molecule has 5 rings (SSSR count). The number of carbonyl (C=O) groups excluding carboxylic acids is 1. The minimum absolute atomic E-state index is 0.0323. The molecule has 6 nitrogen and oxygen atoms in total. The standard InChI is InChI=1S/C30H28N4O2S/c1-3-5-6-10-20(9-4-2)27-28(34-19-33-27)21-13-14-25-22(15-21)16-23(17-31-25)29-32-18-26(37-29)30(35)36-24-11-7-8-12-24/h2,5-6,10,13-19,24H,3,7-9,11-12H2,1H3,(H,33,34)/b6-5-,20-10+. The van der Waals surface area contributed by atoms with Gasteiger partial charge in [-0.3, -0.25) is 4.98 Å². The average Bonchev–Trinajstić information content (AvgIpc) is 3.70. The van der Waals surface area contributed by atoms with Crippen molar-refractivity contribution in [2.24, 2.45) is 0 Å². The highest BCUT2D eigenvalue weighted by atomic mass is 32.1. The van der Waals surface area contributed by atoms with Gasteiger partial charge in [0, 0.05) is 29.1 Å². The fourth-order valence-electron chi connectivity index (χ4n) is 4.53. The summed E-state index contributed by atoms with van der Waals surface area (Å²) in [7, 11) is 0. The third-order valence-corrected chi connectivity index (χ3v) is 7.43. The number of hydrogen-bond acceptors (Lipinski definition) is 6. The molecule has 0 bridgehead atoms. The van der Waals surface area contributed by atoms with Crippen LogP contribution in [0.2, 0.25) is 0 Å². The Labute approximate surface area is 220 Å². The smallest absolute Gasteiger partial charge is 0.350 e. The Morgan fingerprint density at radius 2 is 2.03 bits per heavy atom. The van der Waals surface area contributed by atoms with Gasteiger partial charge >= 0.3 is 5.97 Å². The molecule has 1 saturated carbocycles. The first-order valence-corrected chi connectivity index (χ1v) is 13.4. The van der Waals surface area contributed by atoms with Crippen molar-refractivity contribution in [3.8, 4) is 34.2 Å². The lowest BCUT2D eigenvalue weighted by Crippen LogP contribution is -2.13. The number of thiazole rings is 1. The third kappa shape index (κ3) is 5.55. The average molecular weight is 509 g/mol. The van der Waals surface area contributed by atoms with E-state index in [-0.39, 0.29) is 12.1 Å². The number of allylic oxidation sites excluding steroid dienone is 4. The number of hydrogen-bond donors (Lipinski definition) is 1. The summed E-state index contributed by atoms with van der Waals surface area (Å²) in [5, 5.41) is 1.71. The van der Waals surface area contributed by atoms with E-state index < -0.39 is 0 Å². The summed E-state index contributed by atoms with van der Waals surface area (Å²) in [6.45, 7) is 2.09. The van der Waals surface area contributed by atoms with Crippen molar-refractivity contribution in [2.45, 2.75) is 51.6 Å². The van der Waals surface area contributed by atoms with Crippen molar-refractivity contribution in [3.63, 3.8) is 0 Å². The third-order valence-electron chi connectivity index (χ3n) is 6.40. The van der Waals surface area contributed by atoms with Crippen LogP contribution in [0.15, 0.2) is 61.2 Å². The van der Waals surface area contributed by atoms with Crippen LogP contribution in [0.5, 0.6) is 0 Å². The molecule has 7 heteroatoms. The Hall–Kier alpha value is -4.02. The number of aromatic amines is 1. The minimum atomic E-state index is -0.289. The monoisotopic (exact) mass is 508 g/mol. The van der Waals surface area contributed by atoms with E-state index in [1.807, 2.05) is 24.3 Å². The maximum absolute atomic E-state index is 12.6. The van der Waals surface area contributed by atoms with Crippen molar-refractivity contribution >= 4 is 33.8 Å². The molecule has 1 aromatic carbocycles. The van der Waals surface area contributed by atoms with Crippen LogP contribution >= 0.6 is 11.3 Å². The predicted octanol–water partition coefficient (Wildman–Crippen LogP) is 7.22. The zero-order chi connectivity index (χ0) is 25.6. The van der Waals surface area contributed by atoms with E-state index in [1.54, 1.807) is 18.7 Å². The van der Waals surface area contributed by atoms with E-state index in [1.165, 1.54) is 11.3 Å². The molecule has 0 atom stereocenters. The largest absolute Gasteiger partial charge is 0.458 e. The van der Waals surface area contributed by atoms with Gasteiger partial charge in [-0.15, -0.1) is 23.7 Å². The number of nitrogens with one attached hydrogen (secondary N) is 1. The first kappa shape index (κ1) is 24.7. The lowest BCUT2D eigenvalue weighted by atomic mass is 10.0. The summed E-state index contributed by atoms with van der Waals surface area (Å²) in [6.07, 6.45) is 22.5. The zero-order valence-electron chi connectivity index (χ0n) is 20.7. The highest BCUT2D eigenvalue weighted by Gasteiger charge is 2.22. The second-order valence-corrected chi connectivity index (χ2v) is 10.0. The molecule has 37 heavy (non-hydrogen) atoms. The fourth-order valence-corrected chi connectivity index (χ4v) is 5.31.